The lowest BCUT2D eigenvalue weighted by atomic mass is 10.0. The Kier molecular flexibility index (Phi) is 4.45. The molecule has 1 atom stereocenters. The van der Waals surface area contributed by atoms with Crippen LogP contribution in [0.2, 0.25) is 5.02 Å². The molecule has 0 amide bonds. The highest BCUT2D eigenvalue weighted by molar-refractivity contribution is 6.31. The van der Waals surface area contributed by atoms with Crippen LogP contribution in [0.1, 0.15) is 17.2 Å². The predicted octanol–water partition coefficient (Wildman–Crippen LogP) is 3.52. The molecule has 0 bridgehead atoms. The van der Waals surface area contributed by atoms with E-state index in [2.05, 4.69) is 10.3 Å². The number of rotatable bonds is 4. The molecule has 0 saturated carbocycles. The van der Waals surface area contributed by atoms with Gasteiger partial charge in [-0.25, -0.2) is 8.78 Å². The number of likely N-dealkylation sites (N-methyl/N-ethyl adjacent to an activating group) is 1. The molecule has 2 rings (SSSR count). The van der Waals surface area contributed by atoms with E-state index >= 15 is 0 Å². The van der Waals surface area contributed by atoms with Crippen LogP contribution < -0.4 is 5.32 Å². The van der Waals surface area contributed by atoms with Gasteiger partial charge in [-0.2, -0.15) is 0 Å². The second-order valence-electron chi connectivity index (χ2n) is 4.22. The highest BCUT2D eigenvalue weighted by Gasteiger charge is 2.13. The average molecular weight is 283 g/mol. The third-order valence-electron chi connectivity index (χ3n) is 2.92. The van der Waals surface area contributed by atoms with Crippen LogP contribution in [0, 0.1) is 11.6 Å². The van der Waals surface area contributed by atoms with Crippen LogP contribution in [0.25, 0.3) is 0 Å². The number of nitrogens with one attached hydrogen (secondary N) is 1. The fraction of sp³-hybridized carbons (Fsp3) is 0.214. The van der Waals surface area contributed by atoms with Crippen LogP contribution in [0.4, 0.5) is 8.78 Å². The number of pyridine rings is 1. The smallest absolute Gasteiger partial charge is 0.141 e. The molecule has 2 nitrogen and oxygen atoms in total. The van der Waals surface area contributed by atoms with Gasteiger partial charge >= 0.3 is 0 Å². The van der Waals surface area contributed by atoms with Crippen molar-refractivity contribution in [2.45, 2.75) is 12.5 Å². The summed E-state index contributed by atoms with van der Waals surface area (Å²) in [5.74, 6) is -0.759. The summed E-state index contributed by atoms with van der Waals surface area (Å²) < 4.78 is 26.2. The zero-order valence-corrected chi connectivity index (χ0v) is 11.1. The molecule has 1 unspecified atom stereocenters. The van der Waals surface area contributed by atoms with Crippen molar-refractivity contribution in [3.8, 4) is 0 Å². The first kappa shape index (κ1) is 13.9. The summed E-state index contributed by atoms with van der Waals surface area (Å²) in [6.07, 6.45) is 3.28. The first-order valence-corrected chi connectivity index (χ1v) is 6.19. The quantitative estimate of drug-likeness (QED) is 0.928. The predicted molar refractivity (Wildman–Crippen MR) is 71.1 cm³/mol. The molecule has 1 N–H and O–H groups in total. The second kappa shape index (κ2) is 6.08. The normalized spacial score (nSPS) is 12.4. The van der Waals surface area contributed by atoms with Crippen molar-refractivity contribution in [2.75, 3.05) is 7.05 Å². The van der Waals surface area contributed by atoms with Gasteiger partial charge in [0.2, 0.25) is 0 Å². The van der Waals surface area contributed by atoms with E-state index in [1.165, 1.54) is 18.2 Å². The minimum atomic E-state index is -0.386. The van der Waals surface area contributed by atoms with E-state index < -0.39 is 0 Å². The van der Waals surface area contributed by atoms with Crippen LogP contribution in [-0.2, 0) is 6.42 Å². The maximum Gasteiger partial charge on any atom is 0.141 e. The highest BCUT2D eigenvalue weighted by atomic mass is 35.5. The zero-order chi connectivity index (χ0) is 13.8. The molecule has 2 aromatic rings. The molecule has 1 aromatic heterocycles. The molecule has 1 heterocycles. The standard InChI is InChI=1S/C14H13ClF2N2/c1-18-14(10-4-12(17)8-19-7-10)5-9-2-3-11(16)6-13(9)15/h2-4,6-8,14,18H,5H2,1H3. The Hall–Kier alpha value is -1.52. The molecule has 19 heavy (non-hydrogen) atoms. The van der Waals surface area contributed by atoms with Crippen LogP contribution >= 0.6 is 11.6 Å². The van der Waals surface area contributed by atoms with E-state index in [0.717, 1.165) is 17.3 Å². The van der Waals surface area contributed by atoms with Gasteiger partial charge in [-0.1, -0.05) is 17.7 Å². The highest BCUT2D eigenvalue weighted by Crippen LogP contribution is 2.24. The molecule has 1 aromatic carbocycles. The Bertz CT molecular complexity index is 575. The van der Waals surface area contributed by atoms with E-state index in [-0.39, 0.29) is 17.7 Å². The molecule has 0 aliphatic carbocycles. The van der Waals surface area contributed by atoms with Crippen molar-refractivity contribution >= 4 is 11.6 Å². The van der Waals surface area contributed by atoms with E-state index in [9.17, 15) is 8.78 Å². The van der Waals surface area contributed by atoms with Crippen LogP contribution in [0.5, 0.6) is 0 Å². The van der Waals surface area contributed by atoms with E-state index in [1.54, 1.807) is 19.3 Å². The first-order valence-electron chi connectivity index (χ1n) is 5.82. The van der Waals surface area contributed by atoms with Crippen molar-refractivity contribution in [1.29, 1.82) is 0 Å². The van der Waals surface area contributed by atoms with Gasteiger partial charge in [-0.05, 0) is 42.8 Å². The maximum atomic E-state index is 13.2. The zero-order valence-electron chi connectivity index (χ0n) is 10.3. The summed E-state index contributed by atoms with van der Waals surface area (Å²) in [6.45, 7) is 0. The van der Waals surface area contributed by atoms with E-state index in [1.807, 2.05) is 0 Å². The lowest BCUT2D eigenvalue weighted by Crippen LogP contribution is -2.19. The number of hydrogen-bond donors (Lipinski definition) is 1. The first-order chi connectivity index (χ1) is 9.10. The van der Waals surface area contributed by atoms with Crippen LogP contribution in [0.15, 0.2) is 36.7 Å². The summed E-state index contributed by atoms with van der Waals surface area (Å²) >= 11 is 5.99. The fourth-order valence-corrected chi connectivity index (χ4v) is 2.16. The van der Waals surface area contributed by atoms with Crippen molar-refractivity contribution in [1.82, 2.24) is 10.3 Å². The maximum absolute atomic E-state index is 13.2. The van der Waals surface area contributed by atoms with Crippen LogP contribution in [-0.4, -0.2) is 12.0 Å². The average Bonchev–Trinajstić information content (AvgIpc) is 2.38. The van der Waals surface area contributed by atoms with Crippen molar-refractivity contribution in [3.05, 3.63) is 64.4 Å². The molecular formula is C14H13ClF2N2. The summed E-state index contributed by atoms with van der Waals surface area (Å²) in [7, 11) is 1.77. The van der Waals surface area contributed by atoms with Gasteiger partial charge in [0.25, 0.3) is 0 Å². The summed E-state index contributed by atoms with van der Waals surface area (Å²) in [5, 5.41) is 3.44. The van der Waals surface area contributed by atoms with Crippen molar-refractivity contribution < 1.29 is 8.78 Å². The second-order valence-corrected chi connectivity index (χ2v) is 4.62. The number of aromatic nitrogens is 1. The van der Waals surface area contributed by atoms with Gasteiger partial charge in [-0.15, -0.1) is 0 Å². The van der Waals surface area contributed by atoms with Gasteiger partial charge in [0, 0.05) is 17.3 Å². The Morgan fingerprint density at radius 2 is 2.00 bits per heavy atom. The molecule has 0 radical (unpaired) electrons. The van der Waals surface area contributed by atoms with E-state index in [0.29, 0.717) is 11.4 Å². The molecule has 100 valence electrons. The molecular weight excluding hydrogens is 270 g/mol. The number of nitrogens with zero attached hydrogens (tertiary/aromatic N) is 1. The SMILES string of the molecule is CNC(Cc1ccc(F)cc1Cl)c1cncc(F)c1. The van der Waals surface area contributed by atoms with E-state index in [4.69, 9.17) is 11.6 Å². The number of hydrogen-bond acceptors (Lipinski definition) is 2. The van der Waals surface area contributed by atoms with Gasteiger partial charge in [0.15, 0.2) is 0 Å². The molecule has 5 heteroatoms. The van der Waals surface area contributed by atoms with Gasteiger partial charge in [-0.3, -0.25) is 4.98 Å². The lowest BCUT2D eigenvalue weighted by Gasteiger charge is -2.17. The Morgan fingerprint density at radius 3 is 2.63 bits per heavy atom. The minimum absolute atomic E-state index is 0.133. The van der Waals surface area contributed by atoms with Gasteiger partial charge < -0.3 is 5.32 Å². The fourth-order valence-electron chi connectivity index (χ4n) is 1.91. The summed E-state index contributed by atoms with van der Waals surface area (Å²) in [4.78, 5) is 3.82. The third kappa shape index (κ3) is 3.49. The van der Waals surface area contributed by atoms with Gasteiger partial charge in [0.1, 0.15) is 11.6 Å². The molecule has 0 saturated heterocycles. The third-order valence-corrected chi connectivity index (χ3v) is 3.27. The van der Waals surface area contributed by atoms with Crippen molar-refractivity contribution in [3.63, 3.8) is 0 Å². The monoisotopic (exact) mass is 282 g/mol. The minimum Gasteiger partial charge on any atom is -0.313 e. The Labute approximate surface area is 115 Å². The molecule has 0 aliphatic rings. The topological polar surface area (TPSA) is 24.9 Å². The molecule has 0 aliphatic heterocycles. The largest absolute Gasteiger partial charge is 0.313 e. The molecule has 0 fully saturated rings. The lowest BCUT2D eigenvalue weighted by molar-refractivity contribution is 0.570. The summed E-state index contributed by atoms with van der Waals surface area (Å²) in [5.41, 5.74) is 1.52. The summed E-state index contributed by atoms with van der Waals surface area (Å²) in [6, 6.07) is 5.55. The molecule has 0 spiro atoms. The number of benzene rings is 1. The van der Waals surface area contributed by atoms with Crippen LogP contribution in [0.3, 0.4) is 0 Å². The number of halogens is 3. The van der Waals surface area contributed by atoms with Gasteiger partial charge in [0.05, 0.1) is 6.20 Å². The Balaban J connectivity index is 2.24. The van der Waals surface area contributed by atoms with Crippen molar-refractivity contribution in [2.24, 2.45) is 0 Å². The Morgan fingerprint density at radius 1 is 1.21 bits per heavy atom.